The third-order valence-electron chi connectivity index (χ3n) is 3.22. The molecule has 0 atom stereocenters. The molecule has 0 rings (SSSR count). The van der Waals surface area contributed by atoms with Gasteiger partial charge in [0.05, 0.1) is 51.8 Å². The fraction of sp³-hybridized carbons (Fsp3) is 1.00. The first-order chi connectivity index (χ1) is 10.4. The highest BCUT2D eigenvalue weighted by atomic mass is 31.2. The molecular weight excluding hydrogens is 315 g/mol. The van der Waals surface area contributed by atoms with Crippen LogP contribution in [0.5, 0.6) is 0 Å². The summed E-state index contributed by atoms with van der Waals surface area (Å²) in [5.41, 5.74) is -0.709. The lowest BCUT2D eigenvalue weighted by Crippen LogP contribution is -2.37. The third kappa shape index (κ3) is 11.5. The minimum Gasteiger partial charge on any atom is -0.382 e. The standard InChI is InChI=1S/C13H29O8P/c1-4-13(5-2,12-21-22(14,15)16)20-11-10-19-9-8-18-7-6-17-3/h4-12H2,1-3H3,(H2,14,15,16). The molecule has 0 unspecified atom stereocenters. The number of ether oxygens (including phenoxy) is 4. The van der Waals surface area contributed by atoms with E-state index in [-0.39, 0.29) is 6.61 Å². The summed E-state index contributed by atoms with van der Waals surface area (Å²) >= 11 is 0. The highest BCUT2D eigenvalue weighted by molar-refractivity contribution is 7.46. The van der Waals surface area contributed by atoms with Crippen LogP contribution in [0.2, 0.25) is 0 Å². The van der Waals surface area contributed by atoms with Crippen LogP contribution in [0.3, 0.4) is 0 Å². The van der Waals surface area contributed by atoms with Gasteiger partial charge in [0.2, 0.25) is 0 Å². The summed E-state index contributed by atoms with van der Waals surface area (Å²) in [5, 5.41) is 0. The summed E-state index contributed by atoms with van der Waals surface area (Å²) in [5.74, 6) is 0. The van der Waals surface area contributed by atoms with Gasteiger partial charge < -0.3 is 28.7 Å². The van der Waals surface area contributed by atoms with E-state index in [1.165, 1.54) is 0 Å². The van der Waals surface area contributed by atoms with Gasteiger partial charge in [0.15, 0.2) is 0 Å². The number of methoxy groups -OCH3 is 1. The summed E-state index contributed by atoms with van der Waals surface area (Å²) in [7, 11) is -2.88. The van der Waals surface area contributed by atoms with E-state index in [4.69, 9.17) is 28.7 Å². The molecule has 0 saturated heterocycles. The quantitative estimate of drug-likeness (QED) is 0.339. The Balaban J connectivity index is 3.84. The molecule has 0 aromatic heterocycles. The van der Waals surface area contributed by atoms with Crippen molar-refractivity contribution in [1.82, 2.24) is 0 Å². The first kappa shape index (κ1) is 21.9. The number of hydrogen-bond donors (Lipinski definition) is 2. The van der Waals surface area contributed by atoms with Crippen LogP contribution >= 0.6 is 7.82 Å². The van der Waals surface area contributed by atoms with Crippen molar-refractivity contribution in [1.29, 1.82) is 0 Å². The van der Waals surface area contributed by atoms with Gasteiger partial charge in [-0.15, -0.1) is 0 Å². The largest absolute Gasteiger partial charge is 0.469 e. The predicted octanol–water partition coefficient (Wildman–Crippen LogP) is 1.35. The van der Waals surface area contributed by atoms with Crippen LogP contribution in [0.25, 0.3) is 0 Å². The zero-order valence-corrected chi connectivity index (χ0v) is 14.5. The molecule has 22 heavy (non-hydrogen) atoms. The van der Waals surface area contributed by atoms with Crippen LogP contribution in [0, 0.1) is 0 Å². The van der Waals surface area contributed by atoms with Crippen molar-refractivity contribution in [3.63, 3.8) is 0 Å². The average molecular weight is 344 g/mol. The minimum absolute atomic E-state index is 0.148. The highest BCUT2D eigenvalue weighted by Gasteiger charge is 2.30. The molecule has 134 valence electrons. The smallest absolute Gasteiger partial charge is 0.382 e. The molecule has 0 amide bonds. The second-order valence-corrected chi connectivity index (χ2v) is 5.96. The Kier molecular flexibility index (Phi) is 12.4. The maximum Gasteiger partial charge on any atom is 0.469 e. The molecule has 8 nitrogen and oxygen atoms in total. The Morgan fingerprint density at radius 1 is 0.909 bits per heavy atom. The Bertz CT molecular complexity index is 302. The second kappa shape index (κ2) is 12.4. The minimum atomic E-state index is -4.49. The van der Waals surface area contributed by atoms with E-state index >= 15 is 0 Å². The molecule has 0 aromatic rings. The fourth-order valence-electron chi connectivity index (χ4n) is 1.68. The lowest BCUT2D eigenvalue weighted by molar-refractivity contribution is -0.0999. The van der Waals surface area contributed by atoms with Gasteiger partial charge in [-0.2, -0.15) is 0 Å². The second-order valence-electron chi connectivity index (χ2n) is 4.72. The van der Waals surface area contributed by atoms with Crippen molar-refractivity contribution in [3.8, 4) is 0 Å². The Morgan fingerprint density at radius 2 is 1.41 bits per heavy atom. The molecule has 0 aromatic carbocycles. The van der Waals surface area contributed by atoms with Gasteiger partial charge in [0, 0.05) is 7.11 Å². The van der Waals surface area contributed by atoms with Crippen molar-refractivity contribution in [3.05, 3.63) is 0 Å². The summed E-state index contributed by atoms with van der Waals surface area (Å²) < 4.78 is 36.5. The third-order valence-corrected chi connectivity index (χ3v) is 3.69. The molecule has 0 fully saturated rings. The van der Waals surface area contributed by atoms with Crippen LogP contribution in [0.4, 0.5) is 0 Å². The van der Waals surface area contributed by atoms with Crippen LogP contribution in [-0.2, 0) is 28.0 Å². The number of phosphoric acid groups is 1. The summed E-state index contributed by atoms with van der Waals surface area (Å²) in [4.78, 5) is 17.6. The molecule has 0 spiro atoms. The van der Waals surface area contributed by atoms with Crippen LogP contribution < -0.4 is 0 Å². The van der Waals surface area contributed by atoms with Crippen molar-refractivity contribution in [2.75, 3.05) is 53.4 Å². The fourth-order valence-corrected chi connectivity index (χ4v) is 2.09. The van der Waals surface area contributed by atoms with Crippen molar-refractivity contribution in [2.24, 2.45) is 0 Å². The van der Waals surface area contributed by atoms with Gasteiger partial charge >= 0.3 is 7.82 Å². The van der Waals surface area contributed by atoms with Crippen molar-refractivity contribution >= 4 is 7.82 Å². The summed E-state index contributed by atoms with van der Waals surface area (Å²) in [6.07, 6.45) is 1.17. The number of hydrogen-bond acceptors (Lipinski definition) is 6. The molecular formula is C13H29O8P. The normalized spacial score (nSPS) is 12.8. The maximum atomic E-state index is 10.8. The molecule has 0 aliphatic rings. The van der Waals surface area contributed by atoms with Gasteiger partial charge in [0.1, 0.15) is 0 Å². The summed E-state index contributed by atoms with van der Waals surface area (Å²) in [6, 6.07) is 0. The van der Waals surface area contributed by atoms with Gasteiger partial charge in [-0.3, -0.25) is 4.52 Å². The lowest BCUT2D eigenvalue weighted by Gasteiger charge is -2.31. The van der Waals surface area contributed by atoms with E-state index in [1.807, 2.05) is 13.8 Å². The maximum absolute atomic E-state index is 10.8. The predicted molar refractivity (Wildman–Crippen MR) is 80.8 cm³/mol. The van der Waals surface area contributed by atoms with Crippen molar-refractivity contribution in [2.45, 2.75) is 32.3 Å². The monoisotopic (exact) mass is 344 g/mol. The topological polar surface area (TPSA) is 104 Å². The molecule has 0 aliphatic carbocycles. The van der Waals surface area contributed by atoms with E-state index in [1.54, 1.807) is 7.11 Å². The van der Waals surface area contributed by atoms with Gasteiger partial charge in [0.25, 0.3) is 0 Å². The Labute approximate surface area is 132 Å². The van der Waals surface area contributed by atoms with E-state index in [0.29, 0.717) is 52.5 Å². The zero-order valence-electron chi connectivity index (χ0n) is 13.7. The lowest BCUT2D eigenvalue weighted by atomic mass is 9.98. The highest BCUT2D eigenvalue weighted by Crippen LogP contribution is 2.38. The number of rotatable bonds is 15. The molecule has 0 heterocycles. The first-order valence-corrected chi connectivity index (χ1v) is 8.90. The van der Waals surface area contributed by atoms with Crippen molar-refractivity contribution < 1.29 is 37.8 Å². The molecule has 0 radical (unpaired) electrons. The average Bonchev–Trinajstić information content (AvgIpc) is 2.48. The van der Waals surface area contributed by atoms with Crippen LogP contribution in [-0.4, -0.2) is 68.7 Å². The van der Waals surface area contributed by atoms with Gasteiger partial charge in [-0.25, -0.2) is 4.57 Å². The molecule has 0 bridgehead atoms. The number of phosphoric ester groups is 1. The van der Waals surface area contributed by atoms with Crippen LogP contribution in [0.1, 0.15) is 26.7 Å². The first-order valence-electron chi connectivity index (χ1n) is 7.37. The van der Waals surface area contributed by atoms with Gasteiger partial charge in [-0.05, 0) is 12.8 Å². The summed E-state index contributed by atoms with van der Waals surface area (Å²) in [6.45, 7) is 6.35. The molecule has 9 heteroatoms. The molecule has 0 aliphatic heterocycles. The van der Waals surface area contributed by atoms with E-state index in [9.17, 15) is 4.57 Å². The van der Waals surface area contributed by atoms with Gasteiger partial charge in [-0.1, -0.05) is 13.8 Å². The zero-order chi connectivity index (χ0) is 16.9. The van der Waals surface area contributed by atoms with E-state index in [0.717, 1.165) is 0 Å². The Morgan fingerprint density at radius 3 is 1.86 bits per heavy atom. The SMILES string of the molecule is CCC(CC)(COP(=O)(O)O)OCCOCCOCCOC. The van der Waals surface area contributed by atoms with Crippen LogP contribution in [0.15, 0.2) is 0 Å². The Hall–Kier alpha value is -0.0500. The van der Waals surface area contributed by atoms with E-state index < -0.39 is 13.4 Å². The molecule has 0 saturated carbocycles. The molecule has 2 N–H and O–H groups in total. The van der Waals surface area contributed by atoms with E-state index in [2.05, 4.69) is 4.52 Å².